The predicted octanol–water partition coefficient (Wildman–Crippen LogP) is -0.312. The van der Waals surface area contributed by atoms with E-state index in [9.17, 15) is 9.59 Å². The first-order valence-electron chi connectivity index (χ1n) is 5.58. The molecule has 0 aromatic carbocycles. The lowest BCUT2D eigenvalue weighted by atomic mass is 10.2. The van der Waals surface area contributed by atoms with Crippen LogP contribution in [0.25, 0.3) is 0 Å². The highest BCUT2D eigenvalue weighted by Gasteiger charge is 2.21. The van der Waals surface area contributed by atoms with Crippen LogP contribution in [0.3, 0.4) is 0 Å². The van der Waals surface area contributed by atoms with Gasteiger partial charge in [-0.25, -0.2) is 9.78 Å². The van der Waals surface area contributed by atoms with Crippen molar-refractivity contribution in [2.24, 2.45) is 0 Å². The minimum Gasteiger partial charge on any atom is -0.478 e. The first-order chi connectivity index (χ1) is 8.58. The van der Waals surface area contributed by atoms with Gasteiger partial charge in [0.05, 0.1) is 18.4 Å². The lowest BCUT2D eigenvalue weighted by molar-refractivity contribution is -0.119. The van der Waals surface area contributed by atoms with Gasteiger partial charge in [0, 0.05) is 13.1 Å². The molecule has 7 nitrogen and oxygen atoms in total. The highest BCUT2D eigenvalue weighted by Crippen LogP contribution is 2.20. The van der Waals surface area contributed by atoms with Crippen molar-refractivity contribution >= 4 is 23.4 Å². The number of carbonyl (C=O) groups excluding carboxylic acids is 1. The number of aromatic nitrogens is 1. The Labute approximate surface area is 104 Å². The Morgan fingerprint density at radius 2 is 2.33 bits per heavy atom. The third-order valence-corrected chi connectivity index (χ3v) is 2.68. The number of amides is 1. The molecule has 2 heterocycles. The van der Waals surface area contributed by atoms with E-state index in [1.165, 1.54) is 12.3 Å². The van der Waals surface area contributed by atoms with Gasteiger partial charge in [-0.05, 0) is 12.5 Å². The fourth-order valence-electron chi connectivity index (χ4n) is 1.87. The molecule has 4 N–H and O–H groups in total. The number of nitrogens with two attached hydrogens (primary N) is 1. The first-order valence-corrected chi connectivity index (χ1v) is 5.58. The van der Waals surface area contributed by atoms with Crippen molar-refractivity contribution in [2.45, 2.75) is 6.42 Å². The van der Waals surface area contributed by atoms with Crippen LogP contribution in [0.15, 0.2) is 12.3 Å². The molecule has 0 aliphatic carbocycles. The van der Waals surface area contributed by atoms with Gasteiger partial charge in [-0.2, -0.15) is 0 Å². The zero-order chi connectivity index (χ0) is 13.1. The zero-order valence-electron chi connectivity index (χ0n) is 9.72. The zero-order valence-corrected chi connectivity index (χ0v) is 9.72. The largest absolute Gasteiger partial charge is 0.478 e. The van der Waals surface area contributed by atoms with Gasteiger partial charge in [-0.1, -0.05) is 0 Å². The van der Waals surface area contributed by atoms with Crippen LogP contribution in [-0.2, 0) is 4.79 Å². The third-order valence-electron chi connectivity index (χ3n) is 2.68. The lowest BCUT2D eigenvalue weighted by Gasteiger charge is -2.21. The monoisotopic (exact) mass is 250 g/mol. The fourth-order valence-corrected chi connectivity index (χ4v) is 1.87. The molecule has 1 fully saturated rings. The van der Waals surface area contributed by atoms with Crippen molar-refractivity contribution in [3.63, 3.8) is 0 Å². The minimum atomic E-state index is -1.10. The Morgan fingerprint density at radius 1 is 1.56 bits per heavy atom. The Kier molecular flexibility index (Phi) is 3.31. The van der Waals surface area contributed by atoms with E-state index in [0.29, 0.717) is 13.1 Å². The smallest absolute Gasteiger partial charge is 0.339 e. The quantitative estimate of drug-likeness (QED) is 0.664. The summed E-state index contributed by atoms with van der Waals surface area (Å²) in [6.45, 7) is 1.28. The molecule has 7 heteroatoms. The molecular formula is C11H14N4O3. The molecule has 18 heavy (non-hydrogen) atoms. The van der Waals surface area contributed by atoms with Crippen molar-refractivity contribution in [1.82, 2.24) is 10.3 Å². The molecule has 1 aromatic heterocycles. The average Bonchev–Trinajstić information content (AvgIpc) is 2.53. The van der Waals surface area contributed by atoms with E-state index in [4.69, 9.17) is 10.8 Å². The van der Waals surface area contributed by atoms with E-state index in [-0.39, 0.29) is 29.5 Å². The summed E-state index contributed by atoms with van der Waals surface area (Å²) in [4.78, 5) is 28.3. The molecule has 1 aliphatic rings. The van der Waals surface area contributed by atoms with Crippen LogP contribution >= 0.6 is 0 Å². The number of hydrogen-bond acceptors (Lipinski definition) is 5. The molecule has 0 radical (unpaired) electrons. The van der Waals surface area contributed by atoms with Gasteiger partial charge in [-0.3, -0.25) is 4.79 Å². The second kappa shape index (κ2) is 4.91. The van der Waals surface area contributed by atoms with Crippen molar-refractivity contribution in [2.75, 3.05) is 30.3 Å². The van der Waals surface area contributed by atoms with Crippen molar-refractivity contribution < 1.29 is 14.7 Å². The van der Waals surface area contributed by atoms with Gasteiger partial charge in [-0.15, -0.1) is 0 Å². The van der Waals surface area contributed by atoms with Gasteiger partial charge < -0.3 is 21.1 Å². The number of carboxylic acid groups (broad SMARTS) is 1. The van der Waals surface area contributed by atoms with Gasteiger partial charge in [0.1, 0.15) is 11.4 Å². The minimum absolute atomic E-state index is 0.0182. The van der Waals surface area contributed by atoms with Crippen LogP contribution < -0.4 is 16.0 Å². The normalized spacial score (nSPS) is 16.0. The summed E-state index contributed by atoms with van der Waals surface area (Å²) < 4.78 is 0. The maximum Gasteiger partial charge on any atom is 0.339 e. The summed E-state index contributed by atoms with van der Waals surface area (Å²) in [6, 6.07) is 1.35. The van der Waals surface area contributed by atoms with E-state index in [0.717, 1.165) is 6.42 Å². The molecule has 2 rings (SSSR count). The van der Waals surface area contributed by atoms with Crippen LogP contribution in [0.1, 0.15) is 16.8 Å². The number of aromatic carboxylic acids is 1. The molecule has 1 saturated heterocycles. The van der Waals surface area contributed by atoms with Crippen molar-refractivity contribution in [3.05, 3.63) is 17.8 Å². The molecule has 0 atom stereocenters. The summed E-state index contributed by atoms with van der Waals surface area (Å²) >= 11 is 0. The van der Waals surface area contributed by atoms with Gasteiger partial charge in [0.25, 0.3) is 0 Å². The summed E-state index contributed by atoms with van der Waals surface area (Å²) in [5, 5.41) is 11.9. The highest BCUT2D eigenvalue weighted by atomic mass is 16.4. The van der Waals surface area contributed by atoms with Crippen molar-refractivity contribution in [3.8, 4) is 0 Å². The summed E-state index contributed by atoms with van der Waals surface area (Å²) in [5.74, 6) is -0.953. The number of nitrogens with one attached hydrogen (secondary N) is 1. The molecule has 1 aromatic rings. The second-order valence-corrected chi connectivity index (χ2v) is 4.07. The molecule has 0 spiro atoms. The van der Waals surface area contributed by atoms with Crippen molar-refractivity contribution in [1.29, 1.82) is 0 Å². The van der Waals surface area contributed by atoms with E-state index < -0.39 is 5.97 Å². The molecule has 0 saturated carbocycles. The van der Waals surface area contributed by atoms with Crippen LogP contribution in [0.2, 0.25) is 0 Å². The highest BCUT2D eigenvalue weighted by molar-refractivity contribution is 5.95. The number of rotatable bonds is 2. The third kappa shape index (κ3) is 2.50. The van der Waals surface area contributed by atoms with Crippen LogP contribution in [0, 0.1) is 0 Å². The van der Waals surface area contributed by atoms with E-state index in [2.05, 4.69) is 10.3 Å². The Balaban J connectivity index is 2.36. The van der Waals surface area contributed by atoms with E-state index in [1.807, 2.05) is 0 Å². The van der Waals surface area contributed by atoms with Gasteiger partial charge in [0.15, 0.2) is 0 Å². The second-order valence-electron chi connectivity index (χ2n) is 4.07. The summed E-state index contributed by atoms with van der Waals surface area (Å²) in [5.41, 5.74) is 5.84. The number of nitrogen functional groups attached to an aromatic ring is 1. The lowest BCUT2D eigenvalue weighted by Crippen LogP contribution is -2.34. The fraction of sp³-hybridized carbons (Fsp3) is 0.364. The Hall–Kier alpha value is -2.31. The number of pyridine rings is 1. The molecule has 0 bridgehead atoms. The standard InChI is InChI=1S/C11H14N4O3/c12-7-4-8(11(17)18)10(14-5-7)15-3-1-2-13-9(16)6-15/h4-5H,1-3,6,12H2,(H,13,16)(H,17,18). The van der Waals surface area contributed by atoms with Crippen LogP contribution in [0.4, 0.5) is 11.5 Å². The summed E-state index contributed by atoms with van der Waals surface area (Å²) in [6.07, 6.45) is 2.14. The van der Waals surface area contributed by atoms with Gasteiger partial charge >= 0.3 is 5.97 Å². The number of carbonyl (C=O) groups is 2. The summed E-state index contributed by atoms with van der Waals surface area (Å²) in [7, 11) is 0. The SMILES string of the molecule is Nc1cnc(N2CCCNC(=O)C2)c(C(=O)O)c1. The average molecular weight is 250 g/mol. The van der Waals surface area contributed by atoms with E-state index in [1.54, 1.807) is 4.90 Å². The number of anilines is 2. The first kappa shape index (κ1) is 12.2. The van der Waals surface area contributed by atoms with Gasteiger partial charge in [0.2, 0.25) is 5.91 Å². The molecule has 1 amide bonds. The number of nitrogens with zero attached hydrogens (tertiary/aromatic N) is 2. The van der Waals surface area contributed by atoms with E-state index >= 15 is 0 Å². The topological polar surface area (TPSA) is 109 Å². The Morgan fingerprint density at radius 3 is 3.06 bits per heavy atom. The van der Waals surface area contributed by atoms with Crippen LogP contribution in [0.5, 0.6) is 0 Å². The molecule has 1 aliphatic heterocycles. The Bertz CT molecular complexity index is 489. The van der Waals surface area contributed by atoms with Crippen LogP contribution in [-0.4, -0.2) is 41.6 Å². The maximum absolute atomic E-state index is 11.5. The molecule has 0 unspecified atom stereocenters. The maximum atomic E-state index is 11.5. The number of carboxylic acids is 1. The predicted molar refractivity (Wildman–Crippen MR) is 65.4 cm³/mol. The number of hydrogen-bond donors (Lipinski definition) is 3. The molecule has 96 valence electrons. The molecular weight excluding hydrogens is 236 g/mol.